The zero-order chi connectivity index (χ0) is 18.2. The van der Waals surface area contributed by atoms with Gasteiger partial charge in [-0.15, -0.1) is 0 Å². The molecule has 0 unspecified atom stereocenters. The third kappa shape index (κ3) is 2.84. The van der Waals surface area contributed by atoms with Crippen LogP contribution in [0.15, 0.2) is 60.0 Å². The Kier molecular flexibility index (Phi) is 3.67. The highest BCUT2D eigenvalue weighted by Crippen LogP contribution is 2.28. The molecule has 1 aliphatic heterocycles. The molecule has 0 spiro atoms. The third-order valence-electron chi connectivity index (χ3n) is 4.86. The number of rotatable bonds is 4. The van der Waals surface area contributed by atoms with Crippen LogP contribution >= 0.6 is 0 Å². The van der Waals surface area contributed by atoms with Gasteiger partial charge in [-0.25, -0.2) is 14.6 Å². The van der Waals surface area contributed by atoms with E-state index in [1.165, 1.54) is 0 Å². The second-order valence-corrected chi connectivity index (χ2v) is 6.68. The molecule has 134 valence electrons. The van der Waals surface area contributed by atoms with Gasteiger partial charge in [0.05, 0.1) is 17.6 Å². The van der Waals surface area contributed by atoms with Gasteiger partial charge in [0.2, 0.25) is 0 Å². The Morgan fingerprint density at radius 1 is 1.07 bits per heavy atom. The summed E-state index contributed by atoms with van der Waals surface area (Å²) in [7, 11) is 0. The molecule has 1 aliphatic rings. The SMILES string of the molecule is O=c1ccc(-c2ccncc2)nn1CC1CN(c2ncnc3[nH]ccc23)C1. The van der Waals surface area contributed by atoms with Gasteiger partial charge in [0.25, 0.3) is 5.56 Å². The van der Waals surface area contributed by atoms with Crippen LogP contribution in [0.4, 0.5) is 5.82 Å². The molecule has 1 fully saturated rings. The molecule has 27 heavy (non-hydrogen) atoms. The Hall–Kier alpha value is -3.55. The molecule has 0 aliphatic carbocycles. The fourth-order valence-electron chi connectivity index (χ4n) is 3.47. The van der Waals surface area contributed by atoms with Gasteiger partial charge in [0.1, 0.15) is 17.8 Å². The lowest BCUT2D eigenvalue weighted by Gasteiger charge is -2.40. The molecular formula is C19H17N7O. The van der Waals surface area contributed by atoms with Crippen LogP contribution < -0.4 is 10.5 Å². The monoisotopic (exact) mass is 359 g/mol. The maximum atomic E-state index is 12.2. The van der Waals surface area contributed by atoms with Crippen molar-refractivity contribution in [1.29, 1.82) is 0 Å². The van der Waals surface area contributed by atoms with E-state index in [1.54, 1.807) is 35.5 Å². The number of hydrogen-bond acceptors (Lipinski definition) is 6. The van der Waals surface area contributed by atoms with Gasteiger partial charge in [-0.3, -0.25) is 9.78 Å². The highest BCUT2D eigenvalue weighted by molar-refractivity contribution is 5.87. The van der Waals surface area contributed by atoms with Crippen LogP contribution in [0.1, 0.15) is 0 Å². The van der Waals surface area contributed by atoms with Gasteiger partial charge in [0.15, 0.2) is 0 Å². The van der Waals surface area contributed by atoms with Gasteiger partial charge in [0, 0.05) is 49.2 Å². The summed E-state index contributed by atoms with van der Waals surface area (Å²) in [6, 6.07) is 9.10. The van der Waals surface area contributed by atoms with Crippen molar-refractivity contribution in [1.82, 2.24) is 29.7 Å². The van der Waals surface area contributed by atoms with Crippen molar-refractivity contribution in [2.75, 3.05) is 18.0 Å². The van der Waals surface area contributed by atoms with Gasteiger partial charge >= 0.3 is 0 Å². The van der Waals surface area contributed by atoms with Crippen molar-refractivity contribution in [3.63, 3.8) is 0 Å². The normalized spacial score (nSPS) is 14.4. The minimum atomic E-state index is -0.0821. The summed E-state index contributed by atoms with van der Waals surface area (Å²) in [4.78, 5) is 30.2. The summed E-state index contributed by atoms with van der Waals surface area (Å²) >= 11 is 0. The van der Waals surface area contributed by atoms with E-state index in [0.717, 1.165) is 41.2 Å². The molecule has 8 nitrogen and oxygen atoms in total. The minimum absolute atomic E-state index is 0.0821. The number of pyridine rings is 1. The first-order valence-corrected chi connectivity index (χ1v) is 8.79. The second-order valence-electron chi connectivity index (χ2n) is 6.68. The van der Waals surface area contributed by atoms with Crippen LogP contribution in [0.3, 0.4) is 0 Å². The van der Waals surface area contributed by atoms with Crippen molar-refractivity contribution >= 4 is 16.9 Å². The first-order chi connectivity index (χ1) is 13.3. The molecule has 1 saturated heterocycles. The summed E-state index contributed by atoms with van der Waals surface area (Å²) in [5, 5.41) is 5.55. The third-order valence-corrected chi connectivity index (χ3v) is 4.86. The Bertz CT molecular complexity index is 1150. The fraction of sp³-hybridized carbons (Fsp3) is 0.211. The zero-order valence-electron chi connectivity index (χ0n) is 14.5. The van der Waals surface area contributed by atoms with E-state index in [2.05, 4.69) is 29.9 Å². The van der Waals surface area contributed by atoms with E-state index in [4.69, 9.17) is 0 Å². The zero-order valence-corrected chi connectivity index (χ0v) is 14.5. The van der Waals surface area contributed by atoms with E-state index in [0.29, 0.717) is 12.5 Å². The van der Waals surface area contributed by atoms with E-state index in [1.807, 2.05) is 24.4 Å². The maximum Gasteiger partial charge on any atom is 0.266 e. The van der Waals surface area contributed by atoms with Crippen molar-refractivity contribution in [3.8, 4) is 11.3 Å². The molecule has 8 heteroatoms. The summed E-state index contributed by atoms with van der Waals surface area (Å²) in [5.74, 6) is 1.29. The lowest BCUT2D eigenvalue weighted by atomic mass is 10.00. The smallest absolute Gasteiger partial charge is 0.266 e. The topological polar surface area (TPSA) is 92.6 Å². The second kappa shape index (κ2) is 6.31. The number of fused-ring (bicyclic) bond motifs is 1. The molecule has 0 saturated carbocycles. The summed E-state index contributed by atoms with van der Waals surface area (Å²) < 4.78 is 1.56. The van der Waals surface area contributed by atoms with E-state index in [-0.39, 0.29) is 5.56 Å². The Morgan fingerprint density at radius 3 is 2.78 bits per heavy atom. The number of aromatic nitrogens is 6. The molecule has 5 heterocycles. The van der Waals surface area contributed by atoms with Crippen LogP contribution in [-0.2, 0) is 6.54 Å². The van der Waals surface area contributed by atoms with Gasteiger partial charge in [-0.05, 0) is 24.3 Å². The predicted molar refractivity (Wildman–Crippen MR) is 101 cm³/mol. The van der Waals surface area contributed by atoms with E-state index < -0.39 is 0 Å². The van der Waals surface area contributed by atoms with Crippen molar-refractivity contribution < 1.29 is 0 Å². The molecule has 4 aromatic rings. The van der Waals surface area contributed by atoms with Crippen LogP contribution in [0.25, 0.3) is 22.3 Å². The summed E-state index contributed by atoms with van der Waals surface area (Å²) in [6.45, 7) is 2.27. The van der Waals surface area contributed by atoms with Crippen LogP contribution in [0.5, 0.6) is 0 Å². The summed E-state index contributed by atoms with van der Waals surface area (Å²) in [5.41, 5.74) is 2.48. The largest absolute Gasteiger partial charge is 0.355 e. The standard InChI is InChI=1S/C19H17N7O/c27-17-2-1-16(14-3-6-20-7-4-14)24-26(17)11-13-9-25(10-13)19-15-5-8-21-18(15)22-12-23-19/h1-8,12-13H,9-11H2,(H,21,22,23). The summed E-state index contributed by atoms with van der Waals surface area (Å²) in [6.07, 6.45) is 6.89. The number of nitrogens with one attached hydrogen (secondary N) is 1. The molecule has 0 amide bonds. The number of hydrogen-bond donors (Lipinski definition) is 1. The van der Waals surface area contributed by atoms with Crippen molar-refractivity contribution in [2.45, 2.75) is 6.54 Å². The maximum absolute atomic E-state index is 12.2. The molecule has 0 atom stereocenters. The molecule has 0 bridgehead atoms. The molecule has 1 N–H and O–H groups in total. The first kappa shape index (κ1) is 15.7. The van der Waals surface area contributed by atoms with Gasteiger partial charge in [-0.2, -0.15) is 5.10 Å². The number of aromatic amines is 1. The highest BCUT2D eigenvalue weighted by Gasteiger charge is 2.30. The van der Waals surface area contributed by atoms with E-state index in [9.17, 15) is 4.79 Å². The molecule has 4 aromatic heterocycles. The fourth-order valence-corrected chi connectivity index (χ4v) is 3.47. The number of H-pyrrole nitrogens is 1. The molecule has 5 rings (SSSR count). The minimum Gasteiger partial charge on any atom is -0.355 e. The van der Waals surface area contributed by atoms with Gasteiger partial charge in [-0.1, -0.05) is 0 Å². The number of nitrogens with zero attached hydrogens (tertiary/aromatic N) is 6. The van der Waals surface area contributed by atoms with Crippen molar-refractivity contribution in [2.24, 2.45) is 5.92 Å². The Labute approximate surface area is 154 Å². The van der Waals surface area contributed by atoms with E-state index >= 15 is 0 Å². The molecule has 0 radical (unpaired) electrons. The highest BCUT2D eigenvalue weighted by atomic mass is 16.1. The van der Waals surface area contributed by atoms with Crippen molar-refractivity contribution in [3.05, 3.63) is 65.6 Å². The predicted octanol–water partition coefficient (Wildman–Crippen LogP) is 1.71. The van der Waals surface area contributed by atoms with Crippen LogP contribution in [-0.4, -0.2) is 42.8 Å². The lowest BCUT2D eigenvalue weighted by Crippen LogP contribution is -2.50. The molecular weight excluding hydrogens is 342 g/mol. The van der Waals surface area contributed by atoms with Crippen LogP contribution in [0, 0.1) is 5.92 Å². The first-order valence-electron chi connectivity index (χ1n) is 8.79. The Balaban J connectivity index is 1.33. The lowest BCUT2D eigenvalue weighted by molar-refractivity contribution is 0.334. The number of anilines is 1. The average molecular weight is 359 g/mol. The Morgan fingerprint density at radius 2 is 1.93 bits per heavy atom. The molecule has 0 aromatic carbocycles. The van der Waals surface area contributed by atoms with Crippen LogP contribution in [0.2, 0.25) is 0 Å². The quantitative estimate of drug-likeness (QED) is 0.596. The van der Waals surface area contributed by atoms with Gasteiger partial charge < -0.3 is 9.88 Å². The average Bonchev–Trinajstić information content (AvgIpc) is 3.15.